The topological polar surface area (TPSA) is 42.0 Å². The second-order valence-corrected chi connectivity index (χ2v) is 5.97. The first-order chi connectivity index (χ1) is 6.97. The molecule has 0 saturated heterocycles. The van der Waals surface area contributed by atoms with Crippen molar-refractivity contribution in [3.05, 3.63) is 24.4 Å². The maximum atomic E-state index is 11.5. The van der Waals surface area contributed by atoms with E-state index in [0.29, 0.717) is 11.6 Å². The molecule has 0 aliphatic rings. The number of pyridine rings is 1. The number of thioether (sulfide) groups is 1. The molecular formula is C11H16N2OS. The van der Waals surface area contributed by atoms with E-state index in [4.69, 9.17) is 0 Å². The highest BCUT2D eigenvalue weighted by Crippen LogP contribution is 2.22. The molecule has 0 bridgehead atoms. The van der Waals surface area contributed by atoms with Gasteiger partial charge in [-0.3, -0.25) is 4.79 Å². The molecule has 3 nitrogen and oxygen atoms in total. The Morgan fingerprint density at radius 1 is 1.47 bits per heavy atom. The largest absolute Gasteiger partial charge is 0.310 e. The fourth-order valence-corrected chi connectivity index (χ4v) is 1.53. The lowest BCUT2D eigenvalue weighted by atomic mass is 10.3. The van der Waals surface area contributed by atoms with Gasteiger partial charge in [0.1, 0.15) is 5.82 Å². The van der Waals surface area contributed by atoms with Crippen LogP contribution in [-0.4, -0.2) is 21.4 Å². The molecule has 0 unspecified atom stereocenters. The van der Waals surface area contributed by atoms with Crippen molar-refractivity contribution < 1.29 is 4.79 Å². The number of nitrogens with one attached hydrogen (secondary N) is 1. The number of nitrogens with zero attached hydrogens (tertiary/aromatic N) is 1. The maximum Gasteiger partial charge on any atom is 0.235 e. The van der Waals surface area contributed by atoms with E-state index in [-0.39, 0.29) is 10.7 Å². The monoisotopic (exact) mass is 224 g/mol. The van der Waals surface area contributed by atoms with Crippen LogP contribution in [0.5, 0.6) is 0 Å². The zero-order valence-corrected chi connectivity index (χ0v) is 10.1. The Labute approximate surface area is 94.7 Å². The molecule has 1 heterocycles. The van der Waals surface area contributed by atoms with Crippen LogP contribution in [-0.2, 0) is 4.79 Å². The van der Waals surface area contributed by atoms with E-state index in [9.17, 15) is 4.79 Å². The molecule has 1 N–H and O–H groups in total. The van der Waals surface area contributed by atoms with Gasteiger partial charge in [0.2, 0.25) is 5.91 Å². The van der Waals surface area contributed by atoms with Gasteiger partial charge in [-0.2, -0.15) is 0 Å². The fraction of sp³-hybridized carbons (Fsp3) is 0.455. The predicted molar refractivity (Wildman–Crippen MR) is 65.1 cm³/mol. The normalized spacial score (nSPS) is 11.1. The number of amides is 1. The molecule has 0 aromatic carbocycles. The van der Waals surface area contributed by atoms with E-state index in [1.54, 1.807) is 24.0 Å². The molecule has 0 fully saturated rings. The smallest absolute Gasteiger partial charge is 0.235 e. The number of anilines is 1. The van der Waals surface area contributed by atoms with Gasteiger partial charge in [0.25, 0.3) is 0 Å². The third-order valence-corrected chi connectivity index (χ3v) is 2.84. The second-order valence-electron chi connectivity index (χ2n) is 4.16. The van der Waals surface area contributed by atoms with E-state index in [0.717, 1.165) is 0 Å². The molecule has 1 aromatic rings. The van der Waals surface area contributed by atoms with Crippen LogP contribution < -0.4 is 5.32 Å². The Kier molecular flexibility index (Phi) is 4.15. The molecule has 0 aliphatic carbocycles. The summed E-state index contributed by atoms with van der Waals surface area (Å²) in [6.45, 7) is 6.27. The van der Waals surface area contributed by atoms with Crippen molar-refractivity contribution in [2.45, 2.75) is 25.5 Å². The van der Waals surface area contributed by atoms with Crippen molar-refractivity contribution in [2.24, 2.45) is 0 Å². The van der Waals surface area contributed by atoms with Crippen LogP contribution in [0.1, 0.15) is 20.8 Å². The first-order valence-corrected chi connectivity index (χ1v) is 5.81. The van der Waals surface area contributed by atoms with E-state index >= 15 is 0 Å². The number of hydrogen-bond donors (Lipinski definition) is 1. The molecule has 1 aromatic heterocycles. The summed E-state index contributed by atoms with van der Waals surface area (Å²) >= 11 is 1.62. The van der Waals surface area contributed by atoms with Crippen molar-refractivity contribution in [3.63, 3.8) is 0 Å². The van der Waals surface area contributed by atoms with Crippen molar-refractivity contribution in [1.29, 1.82) is 0 Å². The minimum absolute atomic E-state index is 0.00590. The first-order valence-electron chi connectivity index (χ1n) is 4.82. The van der Waals surface area contributed by atoms with E-state index in [1.165, 1.54) is 0 Å². The third-order valence-electron chi connectivity index (χ3n) is 1.57. The molecule has 15 heavy (non-hydrogen) atoms. The molecule has 0 saturated carbocycles. The quantitative estimate of drug-likeness (QED) is 0.858. The van der Waals surface area contributed by atoms with Crippen LogP contribution in [0.15, 0.2) is 24.4 Å². The van der Waals surface area contributed by atoms with E-state index in [2.05, 4.69) is 31.1 Å². The highest BCUT2D eigenvalue weighted by atomic mass is 32.2. The molecule has 1 amide bonds. The van der Waals surface area contributed by atoms with Crippen molar-refractivity contribution >= 4 is 23.5 Å². The molecular weight excluding hydrogens is 208 g/mol. The Balaban J connectivity index is 2.38. The predicted octanol–water partition coefficient (Wildman–Crippen LogP) is 2.55. The van der Waals surface area contributed by atoms with E-state index < -0.39 is 0 Å². The highest BCUT2D eigenvalue weighted by Gasteiger charge is 2.13. The summed E-state index contributed by atoms with van der Waals surface area (Å²) in [6, 6.07) is 5.44. The number of aromatic nitrogens is 1. The van der Waals surface area contributed by atoms with Gasteiger partial charge in [-0.05, 0) is 12.1 Å². The number of carbonyl (C=O) groups is 1. The third kappa shape index (κ3) is 5.42. The average molecular weight is 224 g/mol. The van der Waals surface area contributed by atoms with Gasteiger partial charge < -0.3 is 5.32 Å². The Bertz CT molecular complexity index is 319. The summed E-state index contributed by atoms with van der Waals surface area (Å²) in [5.41, 5.74) is 0. The van der Waals surface area contributed by atoms with Gasteiger partial charge in [-0.25, -0.2) is 4.98 Å². The van der Waals surface area contributed by atoms with Crippen LogP contribution in [0, 0.1) is 0 Å². The Hall–Kier alpha value is -1.03. The van der Waals surface area contributed by atoms with Gasteiger partial charge in [0, 0.05) is 10.9 Å². The maximum absolute atomic E-state index is 11.5. The van der Waals surface area contributed by atoms with Crippen LogP contribution in [0.25, 0.3) is 0 Å². The molecule has 82 valence electrons. The van der Waals surface area contributed by atoms with Crippen LogP contribution in [0.3, 0.4) is 0 Å². The number of hydrogen-bond acceptors (Lipinski definition) is 3. The Morgan fingerprint density at radius 2 is 2.20 bits per heavy atom. The highest BCUT2D eigenvalue weighted by molar-refractivity contribution is 8.01. The minimum Gasteiger partial charge on any atom is -0.310 e. The summed E-state index contributed by atoms with van der Waals surface area (Å²) in [5.74, 6) is 1.06. The van der Waals surface area contributed by atoms with Crippen molar-refractivity contribution in [3.8, 4) is 0 Å². The van der Waals surface area contributed by atoms with Crippen molar-refractivity contribution in [2.75, 3.05) is 11.1 Å². The second kappa shape index (κ2) is 5.16. The van der Waals surface area contributed by atoms with Gasteiger partial charge in [-0.15, -0.1) is 11.8 Å². The average Bonchev–Trinajstić information content (AvgIpc) is 2.15. The van der Waals surface area contributed by atoms with Gasteiger partial charge in [-0.1, -0.05) is 26.8 Å². The van der Waals surface area contributed by atoms with Gasteiger partial charge in [0.05, 0.1) is 5.75 Å². The summed E-state index contributed by atoms with van der Waals surface area (Å²) in [6.07, 6.45) is 1.66. The zero-order valence-electron chi connectivity index (χ0n) is 9.28. The molecule has 0 spiro atoms. The molecule has 1 rings (SSSR count). The molecule has 0 radical (unpaired) electrons. The lowest BCUT2D eigenvalue weighted by molar-refractivity contribution is -0.113. The standard InChI is InChI=1S/C11H16N2OS/c1-11(2,3)15-8-10(14)13-9-6-4-5-7-12-9/h4-7H,8H2,1-3H3,(H,12,13,14). The lowest BCUT2D eigenvalue weighted by Gasteiger charge is -2.16. The first kappa shape index (κ1) is 12.0. The number of rotatable bonds is 3. The Morgan fingerprint density at radius 3 is 2.73 bits per heavy atom. The summed E-state index contributed by atoms with van der Waals surface area (Å²) in [5, 5.41) is 2.74. The number of carbonyl (C=O) groups excluding carboxylic acids is 1. The summed E-state index contributed by atoms with van der Waals surface area (Å²) in [4.78, 5) is 15.5. The van der Waals surface area contributed by atoms with Crippen LogP contribution in [0.4, 0.5) is 5.82 Å². The van der Waals surface area contributed by atoms with E-state index in [1.807, 2.05) is 12.1 Å². The van der Waals surface area contributed by atoms with Crippen LogP contribution >= 0.6 is 11.8 Å². The fourth-order valence-electron chi connectivity index (χ4n) is 0.898. The lowest BCUT2D eigenvalue weighted by Crippen LogP contribution is -2.19. The molecule has 0 aliphatic heterocycles. The van der Waals surface area contributed by atoms with Gasteiger partial charge >= 0.3 is 0 Å². The minimum atomic E-state index is -0.00590. The zero-order chi connectivity index (χ0) is 11.3. The summed E-state index contributed by atoms with van der Waals surface area (Å²) in [7, 11) is 0. The molecule has 4 heteroatoms. The van der Waals surface area contributed by atoms with Crippen LogP contribution in [0.2, 0.25) is 0 Å². The van der Waals surface area contributed by atoms with Gasteiger partial charge in [0.15, 0.2) is 0 Å². The molecule has 0 atom stereocenters. The SMILES string of the molecule is CC(C)(C)SCC(=O)Nc1ccccn1. The van der Waals surface area contributed by atoms with Crippen molar-refractivity contribution in [1.82, 2.24) is 4.98 Å². The summed E-state index contributed by atoms with van der Waals surface area (Å²) < 4.78 is 0.113.